The predicted octanol–water partition coefficient (Wildman–Crippen LogP) is 5.20. The Balaban J connectivity index is 1.36. The molecule has 1 aromatic heterocycles. The molecule has 6 rings (SSSR count). The first kappa shape index (κ1) is 26.8. The summed E-state index contributed by atoms with van der Waals surface area (Å²) in [6.45, 7) is 3.66. The lowest BCUT2D eigenvalue weighted by Crippen LogP contribution is -2.39. The first-order valence-corrected chi connectivity index (χ1v) is 13.1. The number of rotatable bonds is 7. The summed E-state index contributed by atoms with van der Waals surface area (Å²) in [4.78, 5) is 44.3. The van der Waals surface area contributed by atoms with Crippen LogP contribution in [0.1, 0.15) is 37.6 Å². The molecule has 0 saturated carbocycles. The molecule has 1 amide bonds. The van der Waals surface area contributed by atoms with E-state index in [0.717, 1.165) is 0 Å². The molecule has 12 nitrogen and oxygen atoms in total. The molecule has 2 aromatic carbocycles. The maximum atomic E-state index is 13.9. The Hall–Kier alpha value is -5.39. The van der Waals surface area contributed by atoms with Crippen LogP contribution in [-0.2, 0) is 14.3 Å². The van der Waals surface area contributed by atoms with Gasteiger partial charge in [0.25, 0.3) is 11.6 Å². The number of hydrogen-bond donors (Lipinski definition) is 0. The van der Waals surface area contributed by atoms with E-state index in [1.807, 2.05) is 0 Å². The molecule has 214 valence electrons. The van der Waals surface area contributed by atoms with Crippen LogP contribution in [0.25, 0.3) is 17.4 Å². The topological polar surface area (TPSA) is 143 Å². The van der Waals surface area contributed by atoms with Crippen molar-refractivity contribution >= 4 is 29.5 Å². The largest absolute Gasteiger partial charge is 0.497 e. The van der Waals surface area contributed by atoms with E-state index in [0.29, 0.717) is 45.7 Å². The van der Waals surface area contributed by atoms with Crippen LogP contribution in [0.3, 0.4) is 0 Å². The van der Waals surface area contributed by atoms with Crippen LogP contribution in [-0.4, -0.2) is 48.0 Å². The number of esters is 1. The van der Waals surface area contributed by atoms with Crippen molar-refractivity contribution in [1.82, 2.24) is 4.90 Å². The van der Waals surface area contributed by atoms with Gasteiger partial charge in [-0.3, -0.25) is 19.8 Å². The smallest absolute Gasteiger partial charge is 0.338 e. The minimum absolute atomic E-state index is 0.0795. The number of methoxy groups -OCH3 is 1. The van der Waals surface area contributed by atoms with Gasteiger partial charge in [0.2, 0.25) is 6.79 Å². The number of benzene rings is 2. The molecule has 1 fully saturated rings. The summed E-state index contributed by atoms with van der Waals surface area (Å²) in [6.07, 6.45) is 1.77. The summed E-state index contributed by atoms with van der Waals surface area (Å²) < 4.78 is 27.4. The molecule has 1 unspecified atom stereocenters. The highest BCUT2D eigenvalue weighted by atomic mass is 16.7. The molecular weight excluding hydrogens is 546 g/mol. The van der Waals surface area contributed by atoms with Gasteiger partial charge in [-0.2, -0.15) is 0 Å². The van der Waals surface area contributed by atoms with Crippen LogP contribution in [0.2, 0.25) is 0 Å². The van der Waals surface area contributed by atoms with Crippen molar-refractivity contribution < 1.29 is 37.9 Å². The number of nitrogens with zero attached hydrogens (tertiary/aromatic N) is 3. The molecule has 0 spiro atoms. The number of allylic oxidation sites excluding steroid dienone is 1. The number of hydrogen-bond acceptors (Lipinski definition) is 10. The van der Waals surface area contributed by atoms with E-state index in [9.17, 15) is 19.7 Å². The normalized spacial score (nSPS) is 18.3. The fraction of sp³-hybridized carbons (Fsp3) is 0.233. The summed E-state index contributed by atoms with van der Waals surface area (Å²) in [5.74, 6) is 1.55. The number of carbonyl (C=O) groups excluding carboxylic acids is 2. The Kier molecular flexibility index (Phi) is 6.73. The lowest BCUT2D eigenvalue weighted by Gasteiger charge is -2.33. The van der Waals surface area contributed by atoms with Crippen molar-refractivity contribution in [2.45, 2.75) is 26.3 Å². The van der Waals surface area contributed by atoms with Gasteiger partial charge in [-0.15, -0.1) is 0 Å². The average Bonchev–Trinajstić information content (AvgIpc) is 3.71. The summed E-state index contributed by atoms with van der Waals surface area (Å²) in [5.41, 5.74) is 1.81. The monoisotopic (exact) mass is 571 g/mol. The molecule has 3 aliphatic rings. The Morgan fingerprint density at radius 2 is 1.98 bits per heavy atom. The highest BCUT2D eigenvalue weighted by molar-refractivity contribution is 6.19. The summed E-state index contributed by atoms with van der Waals surface area (Å²) in [6, 6.07) is 12.2. The maximum Gasteiger partial charge on any atom is 0.338 e. The molecular formula is C30H25N3O9. The van der Waals surface area contributed by atoms with Crippen LogP contribution >= 0.6 is 0 Å². The molecule has 42 heavy (non-hydrogen) atoms. The Morgan fingerprint density at radius 3 is 2.74 bits per heavy atom. The van der Waals surface area contributed by atoms with Crippen LogP contribution in [0.4, 0.5) is 5.69 Å². The first-order valence-electron chi connectivity index (χ1n) is 13.1. The minimum Gasteiger partial charge on any atom is -0.497 e. The molecule has 1 saturated heterocycles. The van der Waals surface area contributed by atoms with Crippen LogP contribution in [0, 0.1) is 10.1 Å². The number of nitro benzene ring substituents is 1. The van der Waals surface area contributed by atoms with Gasteiger partial charge in [-0.1, -0.05) is 6.07 Å². The summed E-state index contributed by atoms with van der Waals surface area (Å²) >= 11 is 0. The van der Waals surface area contributed by atoms with Crippen LogP contribution in [0.15, 0.2) is 74.8 Å². The number of ether oxygens (including phenoxy) is 4. The minimum atomic E-state index is -0.807. The third-order valence-electron chi connectivity index (χ3n) is 7.16. The lowest BCUT2D eigenvalue weighted by atomic mass is 9.94. The van der Waals surface area contributed by atoms with E-state index in [4.69, 9.17) is 23.4 Å². The fourth-order valence-corrected chi connectivity index (χ4v) is 5.27. The molecule has 1 atom stereocenters. The van der Waals surface area contributed by atoms with Crippen molar-refractivity contribution in [2.75, 3.05) is 20.5 Å². The van der Waals surface area contributed by atoms with E-state index in [1.165, 1.54) is 18.1 Å². The van der Waals surface area contributed by atoms with Gasteiger partial charge in [0.1, 0.15) is 23.1 Å². The van der Waals surface area contributed by atoms with E-state index < -0.39 is 16.9 Å². The van der Waals surface area contributed by atoms with Gasteiger partial charge in [0, 0.05) is 12.0 Å². The second-order valence-corrected chi connectivity index (χ2v) is 9.63. The summed E-state index contributed by atoms with van der Waals surface area (Å²) in [7, 11) is 1.43. The number of furan rings is 1. The van der Waals surface area contributed by atoms with Gasteiger partial charge in [-0.25, -0.2) is 9.79 Å². The maximum absolute atomic E-state index is 13.9. The van der Waals surface area contributed by atoms with Gasteiger partial charge in [0.15, 0.2) is 11.5 Å². The molecule has 3 aromatic rings. The molecule has 0 radical (unpaired) electrons. The van der Waals surface area contributed by atoms with Crippen molar-refractivity contribution in [1.29, 1.82) is 0 Å². The number of carbonyl (C=O) groups is 2. The molecule has 0 bridgehead atoms. The number of aliphatic imine (C=N–C) groups is 1. The predicted molar refractivity (Wildman–Crippen MR) is 149 cm³/mol. The Morgan fingerprint density at radius 1 is 1.17 bits per heavy atom. The SMILES string of the molecule is CCOC(=O)C1=C(C)N=C2C/C(=C\c3ccc(-c4ccc(OC)cc4[N+](=O)[O-])o3)C(=O)N2C1c1ccc2c(c1)OCO2. The molecule has 12 heteroatoms. The molecule has 0 aliphatic carbocycles. The second-order valence-electron chi connectivity index (χ2n) is 9.63. The fourth-order valence-electron chi connectivity index (χ4n) is 5.27. The molecule has 3 aliphatic heterocycles. The first-order chi connectivity index (χ1) is 20.3. The highest BCUT2D eigenvalue weighted by Crippen LogP contribution is 2.44. The third kappa shape index (κ3) is 4.56. The third-order valence-corrected chi connectivity index (χ3v) is 7.16. The van der Waals surface area contributed by atoms with E-state index in [1.54, 1.807) is 62.4 Å². The zero-order chi connectivity index (χ0) is 29.5. The summed E-state index contributed by atoms with van der Waals surface area (Å²) in [5, 5.41) is 11.7. The number of amidine groups is 1. The van der Waals surface area contributed by atoms with E-state index >= 15 is 0 Å². The second kappa shape index (κ2) is 10.5. The van der Waals surface area contributed by atoms with Gasteiger partial charge >= 0.3 is 5.97 Å². The Bertz CT molecular complexity index is 1730. The quantitative estimate of drug-likeness (QED) is 0.162. The van der Waals surface area contributed by atoms with Gasteiger partial charge < -0.3 is 23.4 Å². The molecule has 4 heterocycles. The van der Waals surface area contributed by atoms with E-state index in [2.05, 4.69) is 4.99 Å². The highest BCUT2D eigenvalue weighted by Gasteiger charge is 2.45. The molecule has 0 N–H and O–H groups in total. The standard InChI is InChI=1S/C30H25N3O9/c1-4-39-30(35)27-16(2)31-26-13-18(29(34)32(26)28(27)17-5-9-24-25(12-17)41-15-40-24)11-20-7-10-23(42-20)21-8-6-19(38-3)14-22(21)33(36)37/h5-12,14,28H,4,13,15H2,1-3H3/b18-11+. The van der Waals surface area contributed by atoms with Crippen molar-refractivity contribution in [2.24, 2.45) is 4.99 Å². The van der Waals surface area contributed by atoms with Crippen LogP contribution in [0.5, 0.6) is 17.2 Å². The Labute approximate surface area is 239 Å². The van der Waals surface area contributed by atoms with Crippen molar-refractivity contribution in [3.05, 3.63) is 86.8 Å². The van der Waals surface area contributed by atoms with Crippen molar-refractivity contribution in [3.8, 4) is 28.6 Å². The van der Waals surface area contributed by atoms with E-state index in [-0.39, 0.29) is 48.3 Å². The number of fused-ring (bicyclic) bond motifs is 2. The average molecular weight is 572 g/mol. The van der Waals surface area contributed by atoms with Gasteiger partial charge in [-0.05, 0) is 61.9 Å². The van der Waals surface area contributed by atoms with Crippen molar-refractivity contribution in [3.63, 3.8) is 0 Å². The lowest BCUT2D eigenvalue weighted by molar-refractivity contribution is -0.384. The zero-order valence-corrected chi connectivity index (χ0v) is 22.9. The number of nitro groups is 1. The van der Waals surface area contributed by atoms with Gasteiger partial charge in [0.05, 0.1) is 47.6 Å². The zero-order valence-electron chi connectivity index (χ0n) is 22.9. The number of amides is 1. The van der Waals surface area contributed by atoms with Crippen LogP contribution < -0.4 is 14.2 Å².